The third-order valence-electron chi connectivity index (χ3n) is 5.29. The molecule has 1 N–H and O–H groups in total. The summed E-state index contributed by atoms with van der Waals surface area (Å²) < 4.78 is 0. The minimum Gasteiger partial charge on any atom is -0.313 e. The standard InChI is InChI=1S/C19H28N2/c1-2-19(20-11-1)14-21(12-15-3-4-15)13-16-5-7-17(8-6-16)18-9-10-18/h5-8,15,18-20H,1-4,9-14H2. The fourth-order valence-electron chi connectivity index (χ4n) is 3.66. The highest BCUT2D eigenvalue weighted by Gasteiger charge is 2.27. The lowest BCUT2D eigenvalue weighted by Crippen LogP contribution is -2.38. The van der Waals surface area contributed by atoms with Gasteiger partial charge in [0.05, 0.1) is 0 Å². The van der Waals surface area contributed by atoms with E-state index >= 15 is 0 Å². The van der Waals surface area contributed by atoms with Gasteiger partial charge in [0, 0.05) is 25.7 Å². The van der Waals surface area contributed by atoms with E-state index in [1.54, 1.807) is 5.56 Å². The first-order valence-corrected chi connectivity index (χ1v) is 8.91. The molecule has 1 aromatic rings. The van der Waals surface area contributed by atoms with Crippen LogP contribution < -0.4 is 5.32 Å². The topological polar surface area (TPSA) is 15.3 Å². The van der Waals surface area contributed by atoms with Crippen LogP contribution in [-0.2, 0) is 6.54 Å². The van der Waals surface area contributed by atoms with Crippen LogP contribution in [0.25, 0.3) is 0 Å². The summed E-state index contributed by atoms with van der Waals surface area (Å²) in [6.45, 7) is 4.90. The van der Waals surface area contributed by atoms with Crippen LogP contribution in [0, 0.1) is 5.92 Å². The highest BCUT2D eigenvalue weighted by atomic mass is 15.2. The van der Waals surface area contributed by atoms with Crippen molar-refractivity contribution in [2.24, 2.45) is 5.92 Å². The van der Waals surface area contributed by atoms with Gasteiger partial charge in [0.25, 0.3) is 0 Å². The molecule has 0 spiro atoms. The third kappa shape index (κ3) is 3.87. The van der Waals surface area contributed by atoms with Gasteiger partial charge in [0.2, 0.25) is 0 Å². The first-order valence-electron chi connectivity index (χ1n) is 8.91. The number of hydrogen-bond donors (Lipinski definition) is 1. The van der Waals surface area contributed by atoms with Gasteiger partial charge >= 0.3 is 0 Å². The zero-order valence-corrected chi connectivity index (χ0v) is 13.1. The van der Waals surface area contributed by atoms with Crippen molar-refractivity contribution in [2.45, 2.75) is 57.0 Å². The predicted molar refractivity (Wildman–Crippen MR) is 87.4 cm³/mol. The fraction of sp³-hybridized carbons (Fsp3) is 0.684. The Morgan fingerprint density at radius 2 is 1.76 bits per heavy atom. The van der Waals surface area contributed by atoms with Crippen LogP contribution in [0.5, 0.6) is 0 Å². The Bertz CT molecular complexity index is 453. The minimum atomic E-state index is 0.731. The second-order valence-corrected chi connectivity index (χ2v) is 7.45. The summed E-state index contributed by atoms with van der Waals surface area (Å²) in [4.78, 5) is 2.70. The first-order chi connectivity index (χ1) is 10.4. The van der Waals surface area contributed by atoms with Gasteiger partial charge in [0.1, 0.15) is 0 Å². The van der Waals surface area contributed by atoms with E-state index in [1.165, 1.54) is 63.7 Å². The highest BCUT2D eigenvalue weighted by molar-refractivity contribution is 5.28. The molecular formula is C19H28N2. The SMILES string of the molecule is c1cc(C2CC2)ccc1CN(CC1CC1)CC1CCCN1. The second-order valence-electron chi connectivity index (χ2n) is 7.45. The van der Waals surface area contributed by atoms with E-state index in [9.17, 15) is 0 Å². The van der Waals surface area contributed by atoms with E-state index in [0.29, 0.717) is 0 Å². The molecule has 1 unspecified atom stereocenters. The van der Waals surface area contributed by atoms with Crippen LogP contribution in [0.3, 0.4) is 0 Å². The average Bonchev–Trinajstić information content (AvgIpc) is 3.41. The number of nitrogens with zero attached hydrogens (tertiary/aromatic N) is 1. The Hall–Kier alpha value is -0.860. The summed E-state index contributed by atoms with van der Waals surface area (Å²) in [5.41, 5.74) is 3.06. The Kier molecular flexibility index (Phi) is 4.00. The van der Waals surface area contributed by atoms with Crippen molar-refractivity contribution in [1.82, 2.24) is 10.2 Å². The van der Waals surface area contributed by atoms with E-state index in [2.05, 4.69) is 34.5 Å². The molecule has 2 nitrogen and oxygen atoms in total. The third-order valence-corrected chi connectivity index (χ3v) is 5.29. The predicted octanol–water partition coefficient (Wildman–Crippen LogP) is 3.53. The molecule has 2 heteroatoms. The average molecular weight is 284 g/mol. The molecule has 2 saturated carbocycles. The lowest BCUT2D eigenvalue weighted by Gasteiger charge is -2.26. The molecule has 1 atom stereocenters. The second kappa shape index (κ2) is 6.10. The Morgan fingerprint density at radius 3 is 2.38 bits per heavy atom. The molecule has 114 valence electrons. The number of benzene rings is 1. The van der Waals surface area contributed by atoms with E-state index in [1.807, 2.05) is 0 Å². The van der Waals surface area contributed by atoms with Gasteiger partial charge in [-0.3, -0.25) is 4.90 Å². The molecule has 3 fully saturated rings. The maximum absolute atomic E-state index is 3.66. The van der Waals surface area contributed by atoms with Crippen molar-refractivity contribution in [3.63, 3.8) is 0 Å². The van der Waals surface area contributed by atoms with E-state index in [4.69, 9.17) is 0 Å². The molecule has 0 aromatic heterocycles. The zero-order valence-electron chi connectivity index (χ0n) is 13.1. The molecule has 1 saturated heterocycles. The van der Waals surface area contributed by atoms with Crippen molar-refractivity contribution in [2.75, 3.05) is 19.6 Å². The number of rotatable bonds is 7. The van der Waals surface area contributed by atoms with Gasteiger partial charge in [-0.2, -0.15) is 0 Å². The summed E-state index contributed by atoms with van der Waals surface area (Å²) in [6.07, 6.45) is 8.44. The molecule has 0 radical (unpaired) electrons. The van der Waals surface area contributed by atoms with Crippen molar-refractivity contribution in [1.29, 1.82) is 0 Å². The largest absolute Gasteiger partial charge is 0.313 e. The van der Waals surface area contributed by atoms with Crippen molar-refractivity contribution in [3.05, 3.63) is 35.4 Å². The molecule has 1 heterocycles. The summed E-state index contributed by atoms with van der Waals surface area (Å²) in [5, 5.41) is 3.66. The minimum absolute atomic E-state index is 0.731. The normalized spacial score (nSPS) is 25.7. The molecule has 21 heavy (non-hydrogen) atoms. The van der Waals surface area contributed by atoms with Crippen molar-refractivity contribution >= 4 is 0 Å². The van der Waals surface area contributed by atoms with Gasteiger partial charge in [-0.1, -0.05) is 24.3 Å². The van der Waals surface area contributed by atoms with Crippen LogP contribution in [0.4, 0.5) is 0 Å². The zero-order chi connectivity index (χ0) is 14.1. The smallest absolute Gasteiger partial charge is 0.0234 e. The van der Waals surface area contributed by atoms with E-state index in [0.717, 1.165) is 24.4 Å². The molecule has 3 aliphatic rings. The van der Waals surface area contributed by atoms with Crippen LogP contribution in [-0.4, -0.2) is 30.6 Å². The molecule has 0 amide bonds. The van der Waals surface area contributed by atoms with Gasteiger partial charge in [-0.25, -0.2) is 0 Å². The summed E-state index contributed by atoms with van der Waals surface area (Å²) >= 11 is 0. The lowest BCUT2D eigenvalue weighted by molar-refractivity contribution is 0.232. The summed E-state index contributed by atoms with van der Waals surface area (Å²) in [5.74, 6) is 1.86. The van der Waals surface area contributed by atoms with Crippen molar-refractivity contribution in [3.8, 4) is 0 Å². The first kappa shape index (κ1) is 13.8. The van der Waals surface area contributed by atoms with Gasteiger partial charge in [-0.05, 0) is 68.0 Å². The van der Waals surface area contributed by atoms with E-state index < -0.39 is 0 Å². The Balaban J connectivity index is 1.37. The fourth-order valence-corrected chi connectivity index (χ4v) is 3.66. The highest BCUT2D eigenvalue weighted by Crippen LogP contribution is 2.40. The van der Waals surface area contributed by atoms with Gasteiger partial charge in [0.15, 0.2) is 0 Å². The maximum atomic E-state index is 3.66. The van der Waals surface area contributed by atoms with Gasteiger partial charge < -0.3 is 5.32 Å². The number of nitrogens with one attached hydrogen (secondary N) is 1. The van der Waals surface area contributed by atoms with Crippen LogP contribution in [0.15, 0.2) is 24.3 Å². The Labute approximate surface area is 128 Å². The maximum Gasteiger partial charge on any atom is 0.0234 e. The van der Waals surface area contributed by atoms with Crippen molar-refractivity contribution < 1.29 is 0 Å². The van der Waals surface area contributed by atoms with E-state index in [-0.39, 0.29) is 0 Å². The molecule has 1 aromatic carbocycles. The molecule has 0 bridgehead atoms. The van der Waals surface area contributed by atoms with Crippen LogP contribution in [0.1, 0.15) is 55.6 Å². The summed E-state index contributed by atoms with van der Waals surface area (Å²) in [6, 6.07) is 10.2. The monoisotopic (exact) mass is 284 g/mol. The molecule has 4 rings (SSSR count). The molecule has 1 aliphatic heterocycles. The van der Waals surface area contributed by atoms with Gasteiger partial charge in [-0.15, -0.1) is 0 Å². The lowest BCUT2D eigenvalue weighted by atomic mass is 10.1. The molecule has 2 aliphatic carbocycles. The number of hydrogen-bond acceptors (Lipinski definition) is 2. The molecular weight excluding hydrogens is 256 g/mol. The van der Waals surface area contributed by atoms with Crippen LogP contribution in [0.2, 0.25) is 0 Å². The summed E-state index contributed by atoms with van der Waals surface area (Å²) in [7, 11) is 0. The Morgan fingerprint density at radius 1 is 0.952 bits per heavy atom. The van der Waals surface area contributed by atoms with Crippen LogP contribution >= 0.6 is 0 Å². The quantitative estimate of drug-likeness (QED) is 0.824.